The van der Waals surface area contributed by atoms with Crippen molar-refractivity contribution in [3.05, 3.63) is 186 Å². The van der Waals surface area contributed by atoms with E-state index < -0.39 is 0 Å². The molecule has 60 heavy (non-hydrogen) atoms. The van der Waals surface area contributed by atoms with E-state index in [4.69, 9.17) is 29.9 Å². The minimum atomic E-state index is -0.310. The second-order valence-corrected chi connectivity index (χ2v) is 15.0. The molecular weight excluding hydrogens is 745 g/mol. The van der Waals surface area contributed by atoms with E-state index in [-0.39, 0.29) is 23.2 Å². The largest absolute Gasteiger partial charge is 0.306 e. The van der Waals surface area contributed by atoms with Gasteiger partial charge in [-0.15, -0.1) is 0 Å². The lowest BCUT2D eigenvalue weighted by Gasteiger charge is -2.30. The topological polar surface area (TPSA) is 118 Å². The van der Waals surface area contributed by atoms with Crippen LogP contribution in [0.2, 0.25) is 0 Å². The second kappa shape index (κ2) is 14.8. The molecule has 0 fully saturated rings. The Bertz CT molecular complexity index is 2910. The van der Waals surface area contributed by atoms with Crippen molar-refractivity contribution in [3.8, 4) is 45.0 Å². The van der Waals surface area contributed by atoms with Crippen LogP contribution in [-0.2, 0) is 0 Å². The van der Waals surface area contributed by atoms with Gasteiger partial charge in [-0.2, -0.15) is 0 Å². The molecule has 2 aliphatic rings. The summed E-state index contributed by atoms with van der Waals surface area (Å²) in [7, 11) is 0. The molecule has 10 heteroatoms. The molecule has 0 N–H and O–H groups in total. The van der Waals surface area contributed by atoms with Crippen LogP contribution in [0.5, 0.6) is 0 Å². The molecule has 0 amide bonds. The first-order chi connectivity index (χ1) is 29.3. The van der Waals surface area contributed by atoms with Gasteiger partial charge in [-0.25, -0.2) is 29.9 Å². The first-order valence-corrected chi connectivity index (χ1v) is 19.7. The highest BCUT2D eigenvalue weighted by molar-refractivity contribution is 6.39. The van der Waals surface area contributed by atoms with Gasteiger partial charge in [0.1, 0.15) is 5.82 Å². The van der Waals surface area contributed by atoms with Gasteiger partial charge in [0.15, 0.2) is 34.9 Å². The third-order valence-corrected chi connectivity index (χ3v) is 10.7. The summed E-state index contributed by atoms with van der Waals surface area (Å²) in [5, 5.41) is 0. The summed E-state index contributed by atoms with van der Waals surface area (Å²) in [6, 6.07) is 38.6. The SMILES string of the molecule is Cc1cc(-c2cnc(-c3ccccc3)nc2)c(N2/C(=C/C=C3C(=O)c4ccccc4C3=O)N(C(C)C)c3nc4ccccc4nc32)c(-c2cnc(-c3ccccc3)nc2)c1. The zero-order valence-corrected chi connectivity index (χ0v) is 33.0. The monoisotopic (exact) mass is 780 g/mol. The molecular formula is C50H36N8O2. The van der Waals surface area contributed by atoms with Gasteiger partial charge < -0.3 is 4.90 Å². The van der Waals surface area contributed by atoms with Crippen LogP contribution >= 0.6 is 0 Å². The lowest BCUT2D eigenvalue weighted by Crippen LogP contribution is -2.32. The summed E-state index contributed by atoms with van der Waals surface area (Å²) >= 11 is 0. The van der Waals surface area contributed by atoms with E-state index in [9.17, 15) is 9.59 Å². The predicted octanol–water partition coefficient (Wildman–Crippen LogP) is 10.4. The van der Waals surface area contributed by atoms with Crippen LogP contribution in [0.4, 0.5) is 17.3 Å². The molecule has 8 aromatic rings. The van der Waals surface area contributed by atoms with Crippen molar-refractivity contribution in [1.82, 2.24) is 29.9 Å². The van der Waals surface area contributed by atoms with Crippen LogP contribution in [0.1, 0.15) is 40.1 Å². The Morgan fingerprint density at radius 3 is 1.45 bits per heavy atom. The number of anilines is 3. The van der Waals surface area contributed by atoms with Crippen LogP contribution < -0.4 is 9.80 Å². The minimum Gasteiger partial charge on any atom is -0.306 e. The molecule has 0 saturated heterocycles. The van der Waals surface area contributed by atoms with Crippen LogP contribution in [0.25, 0.3) is 56.1 Å². The normalized spacial score (nSPS) is 14.1. The number of rotatable bonds is 7. The number of aromatic nitrogens is 6. The predicted molar refractivity (Wildman–Crippen MR) is 235 cm³/mol. The molecule has 4 heterocycles. The number of benzene rings is 5. The van der Waals surface area contributed by atoms with E-state index in [1.165, 1.54) is 0 Å². The van der Waals surface area contributed by atoms with Gasteiger partial charge in [0.2, 0.25) is 0 Å². The molecule has 0 saturated carbocycles. The van der Waals surface area contributed by atoms with Crippen LogP contribution in [0, 0.1) is 6.92 Å². The Morgan fingerprint density at radius 2 is 0.967 bits per heavy atom. The Labute approximate surface area is 346 Å². The van der Waals surface area contributed by atoms with Gasteiger partial charge in [0, 0.05) is 75.3 Å². The van der Waals surface area contributed by atoms with Crippen molar-refractivity contribution in [2.75, 3.05) is 9.80 Å². The number of hydrogen-bond acceptors (Lipinski definition) is 10. The van der Waals surface area contributed by atoms with Gasteiger partial charge in [0.05, 0.1) is 22.3 Å². The van der Waals surface area contributed by atoms with Crippen molar-refractivity contribution in [1.29, 1.82) is 0 Å². The summed E-state index contributed by atoms with van der Waals surface area (Å²) in [5.74, 6) is 2.44. The maximum absolute atomic E-state index is 13.7. The highest BCUT2D eigenvalue weighted by atomic mass is 16.2. The first-order valence-electron chi connectivity index (χ1n) is 19.7. The lowest BCUT2D eigenvalue weighted by atomic mass is 9.94. The van der Waals surface area contributed by atoms with Crippen molar-refractivity contribution in [2.45, 2.75) is 26.8 Å². The Hall–Kier alpha value is -7.98. The number of aryl methyl sites for hydroxylation is 1. The molecule has 1 aliphatic heterocycles. The number of hydrogen-bond donors (Lipinski definition) is 0. The van der Waals surface area contributed by atoms with E-state index in [2.05, 4.69) is 42.7 Å². The van der Waals surface area contributed by atoms with Gasteiger partial charge in [-0.3, -0.25) is 14.5 Å². The molecule has 0 atom stereocenters. The summed E-state index contributed by atoms with van der Waals surface area (Å²) in [6.07, 6.45) is 10.8. The van der Waals surface area contributed by atoms with Gasteiger partial charge in [0.25, 0.3) is 0 Å². The molecule has 10 nitrogen and oxygen atoms in total. The highest BCUT2D eigenvalue weighted by Gasteiger charge is 2.40. The maximum Gasteiger partial charge on any atom is 0.197 e. The second-order valence-electron chi connectivity index (χ2n) is 15.0. The number of carbonyl (C=O) groups is 2. The fraction of sp³-hybridized carbons (Fsp3) is 0.0800. The zero-order valence-electron chi connectivity index (χ0n) is 33.0. The molecule has 10 rings (SSSR count). The maximum atomic E-state index is 13.7. The number of allylic oxidation sites excluding steroid dienone is 3. The van der Waals surface area contributed by atoms with Gasteiger partial charge in [-0.1, -0.05) is 97.1 Å². The van der Waals surface area contributed by atoms with Crippen molar-refractivity contribution in [2.24, 2.45) is 0 Å². The summed E-state index contributed by atoms with van der Waals surface area (Å²) in [6.45, 7) is 6.21. The first kappa shape index (κ1) is 36.4. The number of para-hydroxylation sites is 2. The van der Waals surface area contributed by atoms with Crippen LogP contribution in [0.3, 0.4) is 0 Å². The Kier molecular flexibility index (Phi) is 8.94. The number of carbonyl (C=O) groups excluding carboxylic acids is 2. The van der Waals surface area contributed by atoms with E-state index in [0.717, 1.165) is 50.1 Å². The zero-order chi connectivity index (χ0) is 40.9. The number of Topliss-reactive ketones (excluding diaryl/α,β-unsaturated/α-hetero) is 2. The van der Waals surface area contributed by atoms with Gasteiger partial charge >= 0.3 is 0 Å². The fourth-order valence-electron chi connectivity index (χ4n) is 7.95. The van der Waals surface area contributed by atoms with E-state index in [0.29, 0.717) is 45.7 Å². The molecule has 0 unspecified atom stereocenters. The number of fused-ring (bicyclic) bond motifs is 3. The van der Waals surface area contributed by atoms with Crippen LogP contribution in [0.15, 0.2) is 170 Å². The number of nitrogens with zero attached hydrogens (tertiary/aromatic N) is 8. The Balaban J connectivity index is 1.24. The van der Waals surface area contributed by atoms with E-state index in [1.807, 2.05) is 116 Å². The molecule has 0 spiro atoms. The quantitative estimate of drug-likeness (QED) is 0.114. The average Bonchev–Trinajstić information content (AvgIpc) is 3.73. The van der Waals surface area contributed by atoms with Crippen molar-refractivity contribution >= 4 is 39.9 Å². The van der Waals surface area contributed by atoms with E-state index in [1.54, 1.807) is 30.3 Å². The minimum absolute atomic E-state index is 0.0912. The van der Waals surface area contributed by atoms with Gasteiger partial charge in [-0.05, 0) is 62.8 Å². The molecule has 0 bridgehead atoms. The van der Waals surface area contributed by atoms with Crippen LogP contribution in [-0.4, -0.2) is 47.5 Å². The Morgan fingerprint density at radius 1 is 0.517 bits per heavy atom. The third-order valence-electron chi connectivity index (χ3n) is 10.7. The van der Waals surface area contributed by atoms with E-state index >= 15 is 0 Å². The number of ketones is 2. The fourth-order valence-corrected chi connectivity index (χ4v) is 7.95. The third kappa shape index (κ3) is 6.22. The molecule has 5 aromatic carbocycles. The van der Waals surface area contributed by atoms with Crippen molar-refractivity contribution in [3.63, 3.8) is 0 Å². The summed E-state index contributed by atoms with van der Waals surface area (Å²) < 4.78 is 0. The standard InChI is InChI=1S/C50H36N8O2/c1-30(2)57-43(23-22-38-45(59)36-18-10-11-19-37(36)46(38)60)58(50-49(57)55-41-20-12-13-21-42(41)56-50)44-39(34-26-51-47(52-27-34)32-14-6-4-7-15-32)24-31(3)25-40(44)35-28-53-48(54-29-35)33-16-8-5-9-17-33/h4-30H,1-3H3/b43-23+. The summed E-state index contributed by atoms with van der Waals surface area (Å²) in [5.41, 5.74) is 9.06. The molecule has 1 aliphatic carbocycles. The summed E-state index contributed by atoms with van der Waals surface area (Å²) in [4.78, 5) is 61.6. The highest BCUT2D eigenvalue weighted by Crippen LogP contribution is 2.52. The average molecular weight is 781 g/mol. The lowest BCUT2D eigenvalue weighted by molar-refractivity contribution is 0.0988. The molecule has 288 valence electrons. The molecule has 0 radical (unpaired) electrons. The van der Waals surface area contributed by atoms with Crippen molar-refractivity contribution < 1.29 is 9.59 Å². The smallest absolute Gasteiger partial charge is 0.197 e. The molecule has 3 aromatic heterocycles.